The third kappa shape index (κ3) is 6.30. The van der Waals surface area contributed by atoms with Gasteiger partial charge in [0.2, 0.25) is 0 Å². The fraction of sp³-hybridized carbons (Fsp3) is 0.538. The van der Waals surface area contributed by atoms with Crippen molar-refractivity contribution in [1.29, 1.82) is 0 Å². The van der Waals surface area contributed by atoms with Crippen molar-refractivity contribution in [3.05, 3.63) is 66.0 Å². The number of likely N-dealkylation sites (tertiary alicyclic amines) is 1. The number of allylic oxidation sites excluding steroid dienone is 2. The molecule has 1 atom stereocenters. The third-order valence-electron chi connectivity index (χ3n) is 6.50. The molecule has 6 heteroatoms. The zero-order chi connectivity index (χ0) is 22.9. The van der Waals surface area contributed by atoms with Gasteiger partial charge in [-0.25, -0.2) is 4.98 Å². The first-order valence-corrected chi connectivity index (χ1v) is 12.0. The molecule has 0 aromatic carbocycles. The van der Waals surface area contributed by atoms with Gasteiger partial charge in [-0.1, -0.05) is 18.7 Å². The lowest BCUT2D eigenvalue weighted by atomic mass is 9.96. The molecule has 0 radical (unpaired) electrons. The highest BCUT2D eigenvalue weighted by Gasteiger charge is 2.21. The quantitative estimate of drug-likeness (QED) is 0.718. The number of fused-ring (bicyclic) bond motifs is 1. The summed E-state index contributed by atoms with van der Waals surface area (Å²) in [5, 5.41) is 0. The molecule has 0 spiro atoms. The van der Waals surface area contributed by atoms with Crippen LogP contribution >= 0.6 is 0 Å². The predicted molar refractivity (Wildman–Crippen MR) is 133 cm³/mol. The Balaban J connectivity index is 0.000000238. The molecule has 0 saturated carbocycles. The lowest BCUT2D eigenvalue weighted by Gasteiger charge is -2.27. The van der Waals surface area contributed by atoms with Gasteiger partial charge in [0.05, 0.1) is 5.69 Å². The third-order valence-corrected chi connectivity index (χ3v) is 6.50. The average Bonchev–Trinajstić information content (AvgIpc) is 3.02. The topological polar surface area (TPSA) is 63.2 Å². The lowest BCUT2D eigenvalue weighted by Crippen LogP contribution is -2.30. The molecule has 32 heavy (non-hydrogen) atoms. The van der Waals surface area contributed by atoms with Gasteiger partial charge in [-0.2, -0.15) is 0 Å². The molecule has 2 aliphatic rings. The molecule has 174 valence electrons. The summed E-state index contributed by atoms with van der Waals surface area (Å²) in [6.45, 7) is 8.49. The smallest absolute Gasteiger partial charge is 0.114 e. The maximum atomic E-state index is 5.73. The normalized spacial score (nSPS) is 19.1. The van der Waals surface area contributed by atoms with Crippen molar-refractivity contribution in [2.75, 3.05) is 27.2 Å². The van der Waals surface area contributed by atoms with Crippen molar-refractivity contribution in [2.45, 2.75) is 64.5 Å². The second-order valence-electron chi connectivity index (χ2n) is 8.97. The van der Waals surface area contributed by atoms with Gasteiger partial charge in [-0.3, -0.25) is 9.55 Å². The molecule has 4 rings (SSSR count). The minimum Gasteiger partial charge on any atom is -0.358 e. The Bertz CT molecular complexity index is 872. The monoisotopic (exact) mass is 436 g/mol. The van der Waals surface area contributed by atoms with Crippen molar-refractivity contribution in [2.24, 2.45) is 5.73 Å². The highest BCUT2D eigenvalue weighted by Crippen LogP contribution is 2.22. The summed E-state index contributed by atoms with van der Waals surface area (Å²) in [4.78, 5) is 13.6. The second kappa shape index (κ2) is 12.0. The van der Waals surface area contributed by atoms with Gasteiger partial charge in [0.25, 0.3) is 0 Å². The van der Waals surface area contributed by atoms with Gasteiger partial charge in [0, 0.05) is 43.8 Å². The number of nitrogens with zero attached hydrogens (tertiary/aromatic N) is 5. The van der Waals surface area contributed by atoms with E-state index < -0.39 is 0 Å². The predicted octanol–water partition coefficient (Wildman–Crippen LogP) is 4.01. The van der Waals surface area contributed by atoms with Crippen LogP contribution < -0.4 is 5.73 Å². The van der Waals surface area contributed by atoms with E-state index in [4.69, 9.17) is 5.73 Å². The maximum Gasteiger partial charge on any atom is 0.114 e. The molecule has 1 aliphatic carbocycles. The van der Waals surface area contributed by atoms with Crippen LogP contribution in [-0.4, -0.2) is 57.6 Å². The molecule has 0 amide bonds. The zero-order valence-electron chi connectivity index (χ0n) is 20.1. The van der Waals surface area contributed by atoms with Gasteiger partial charge in [0.1, 0.15) is 11.6 Å². The van der Waals surface area contributed by atoms with Gasteiger partial charge >= 0.3 is 0 Å². The molecule has 3 heterocycles. The molecule has 2 aromatic heterocycles. The Morgan fingerprint density at radius 3 is 2.72 bits per heavy atom. The maximum absolute atomic E-state index is 5.73. The van der Waals surface area contributed by atoms with Crippen LogP contribution in [0.2, 0.25) is 0 Å². The van der Waals surface area contributed by atoms with Crippen molar-refractivity contribution < 1.29 is 0 Å². The van der Waals surface area contributed by atoms with Crippen LogP contribution in [0.25, 0.3) is 5.82 Å². The van der Waals surface area contributed by atoms with Gasteiger partial charge in [0.15, 0.2) is 0 Å². The molecule has 6 nitrogen and oxygen atoms in total. The molecule has 2 aromatic rings. The van der Waals surface area contributed by atoms with Crippen LogP contribution in [0.15, 0.2) is 43.3 Å². The molecule has 1 unspecified atom stereocenters. The van der Waals surface area contributed by atoms with Crippen molar-refractivity contribution >= 4 is 5.82 Å². The summed E-state index contributed by atoms with van der Waals surface area (Å²) in [7, 11) is 4.35. The first-order chi connectivity index (χ1) is 15.5. The Labute approximate surface area is 193 Å². The minimum atomic E-state index is 0.470. The van der Waals surface area contributed by atoms with E-state index in [2.05, 4.69) is 57.2 Å². The number of hydrogen-bond donors (Lipinski definition) is 1. The number of aromatic nitrogens is 3. The number of hydrogen-bond acceptors (Lipinski definition) is 5. The van der Waals surface area contributed by atoms with E-state index in [1.807, 2.05) is 31.5 Å². The van der Waals surface area contributed by atoms with Gasteiger partial charge < -0.3 is 15.5 Å². The Morgan fingerprint density at radius 1 is 1.22 bits per heavy atom. The molecular formula is C26H40N6. The van der Waals surface area contributed by atoms with Crippen LogP contribution in [0.1, 0.15) is 54.9 Å². The highest BCUT2D eigenvalue weighted by molar-refractivity contribution is 5.47. The Hall–Kier alpha value is -2.44. The zero-order valence-corrected chi connectivity index (χ0v) is 20.1. The van der Waals surface area contributed by atoms with E-state index in [-0.39, 0.29) is 0 Å². The number of imidazole rings is 1. The highest BCUT2D eigenvalue weighted by atomic mass is 15.3. The average molecular weight is 437 g/mol. The van der Waals surface area contributed by atoms with E-state index in [0.29, 0.717) is 12.6 Å². The summed E-state index contributed by atoms with van der Waals surface area (Å²) in [6.07, 6.45) is 16.6. The fourth-order valence-corrected chi connectivity index (χ4v) is 4.66. The van der Waals surface area contributed by atoms with E-state index >= 15 is 0 Å². The van der Waals surface area contributed by atoms with Crippen LogP contribution in [-0.2, 0) is 19.4 Å². The van der Waals surface area contributed by atoms with Crippen LogP contribution in [0.5, 0.6) is 0 Å². The van der Waals surface area contributed by atoms with E-state index in [0.717, 1.165) is 30.4 Å². The van der Waals surface area contributed by atoms with Gasteiger partial charge in [-0.05, 0) is 83.7 Å². The van der Waals surface area contributed by atoms with E-state index in [1.165, 1.54) is 56.2 Å². The summed E-state index contributed by atoms with van der Waals surface area (Å²) < 4.78 is 2.14. The second-order valence-corrected chi connectivity index (χ2v) is 8.97. The minimum absolute atomic E-state index is 0.470. The van der Waals surface area contributed by atoms with Crippen LogP contribution in [0.4, 0.5) is 0 Å². The summed E-state index contributed by atoms with van der Waals surface area (Å²) in [5.74, 6) is 2.13. The standard InChI is InChI=1S/C17H29N5.C9H11N/c1-5-7-17(22-13-15(12-18)19-14(22)2)21-10-6-8-16(9-11-21)20(3)4;1-2-6-9-8(4-1)5-3-7-10-9/h5,7,13,16H,1,6,8-12,18H2,2-4H3;3,5,7H,1-2,4,6H2/b17-7-;. The largest absolute Gasteiger partial charge is 0.358 e. The summed E-state index contributed by atoms with van der Waals surface area (Å²) >= 11 is 0. The first kappa shape index (κ1) is 24.2. The first-order valence-electron chi connectivity index (χ1n) is 12.0. The van der Waals surface area contributed by atoms with Crippen molar-refractivity contribution in [3.8, 4) is 0 Å². The van der Waals surface area contributed by atoms with Crippen LogP contribution in [0.3, 0.4) is 0 Å². The Kier molecular flexibility index (Phi) is 9.06. The molecule has 2 N–H and O–H groups in total. The fourth-order valence-electron chi connectivity index (χ4n) is 4.66. The number of aryl methyl sites for hydroxylation is 3. The summed E-state index contributed by atoms with van der Waals surface area (Å²) in [5.41, 5.74) is 9.44. The van der Waals surface area contributed by atoms with E-state index in [9.17, 15) is 0 Å². The summed E-state index contributed by atoms with van der Waals surface area (Å²) in [6, 6.07) is 4.89. The number of rotatable bonds is 5. The lowest BCUT2D eigenvalue weighted by molar-refractivity contribution is 0.266. The molecular weight excluding hydrogens is 396 g/mol. The van der Waals surface area contributed by atoms with Gasteiger partial charge in [-0.15, -0.1) is 0 Å². The van der Waals surface area contributed by atoms with Crippen molar-refractivity contribution in [1.82, 2.24) is 24.3 Å². The van der Waals surface area contributed by atoms with Crippen LogP contribution in [0, 0.1) is 6.92 Å². The molecule has 1 fully saturated rings. The molecule has 1 aliphatic heterocycles. The Morgan fingerprint density at radius 2 is 2.03 bits per heavy atom. The number of pyridine rings is 1. The molecule has 1 saturated heterocycles. The molecule has 0 bridgehead atoms. The number of nitrogens with two attached hydrogens (primary N) is 1. The SMILES string of the molecule is C=C/C=C(/N1CCCC(N(C)C)CC1)n1cc(CN)nc1C.c1cnc2c(c1)CCCC2. The van der Waals surface area contributed by atoms with Crippen molar-refractivity contribution in [3.63, 3.8) is 0 Å². The van der Waals surface area contributed by atoms with E-state index in [1.54, 1.807) is 0 Å².